The summed E-state index contributed by atoms with van der Waals surface area (Å²) in [4.78, 5) is 0.931. The molecule has 1 aliphatic rings. The first kappa shape index (κ1) is 11.7. The van der Waals surface area contributed by atoms with Crippen LogP contribution in [0.1, 0.15) is 30.5 Å². The van der Waals surface area contributed by atoms with Crippen molar-refractivity contribution in [2.75, 3.05) is 0 Å². The molecule has 0 N–H and O–H groups in total. The minimum Gasteiger partial charge on any atom is -0.457 e. The van der Waals surface area contributed by atoms with Crippen LogP contribution in [0.15, 0.2) is 41.3 Å². The number of thiol groups is 1. The van der Waals surface area contributed by atoms with Gasteiger partial charge in [0, 0.05) is 21.4 Å². The molecule has 0 atom stereocenters. The number of ether oxygens (including phenoxy) is 1. The molecule has 18 heavy (non-hydrogen) atoms. The second kappa shape index (κ2) is 3.79. The van der Waals surface area contributed by atoms with E-state index in [2.05, 4.69) is 57.7 Å². The van der Waals surface area contributed by atoms with Crippen molar-refractivity contribution in [3.8, 4) is 11.5 Å². The summed E-state index contributed by atoms with van der Waals surface area (Å²) in [6.45, 7) is 6.56. The monoisotopic (exact) mass is 256 g/mol. The first-order valence-electron chi connectivity index (χ1n) is 6.11. The number of hydrogen-bond acceptors (Lipinski definition) is 2. The molecule has 0 saturated heterocycles. The molecule has 2 heteroatoms. The van der Waals surface area contributed by atoms with Gasteiger partial charge in [-0.1, -0.05) is 32.0 Å². The van der Waals surface area contributed by atoms with Gasteiger partial charge in [-0.3, -0.25) is 0 Å². The molecular weight excluding hydrogens is 240 g/mol. The zero-order valence-corrected chi connectivity index (χ0v) is 11.7. The van der Waals surface area contributed by atoms with Gasteiger partial charge in [0.15, 0.2) is 0 Å². The van der Waals surface area contributed by atoms with Crippen molar-refractivity contribution >= 4 is 12.6 Å². The lowest BCUT2D eigenvalue weighted by atomic mass is 9.75. The fourth-order valence-electron chi connectivity index (χ4n) is 2.61. The molecule has 0 amide bonds. The Morgan fingerprint density at radius 3 is 2.28 bits per heavy atom. The predicted octanol–water partition coefficient (Wildman–Crippen LogP) is 4.72. The third kappa shape index (κ3) is 1.64. The van der Waals surface area contributed by atoms with E-state index in [0.29, 0.717) is 0 Å². The minimum absolute atomic E-state index is 0.0297. The fraction of sp³-hybridized carbons (Fsp3) is 0.250. The summed E-state index contributed by atoms with van der Waals surface area (Å²) in [6, 6.07) is 12.5. The molecule has 0 unspecified atom stereocenters. The van der Waals surface area contributed by atoms with Crippen LogP contribution in [0.2, 0.25) is 0 Å². The third-order valence-corrected chi connectivity index (χ3v) is 3.95. The molecule has 0 aliphatic carbocycles. The Morgan fingerprint density at radius 1 is 0.944 bits per heavy atom. The van der Waals surface area contributed by atoms with E-state index in [4.69, 9.17) is 4.74 Å². The van der Waals surface area contributed by atoms with Crippen LogP contribution in [0.25, 0.3) is 0 Å². The average molecular weight is 256 g/mol. The summed E-state index contributed by atoms with van der Waals surface area (Å²) in [7, 11) is 0. The van der Waals surface area contributed by atoms with E-state index in [9.17, 15) is 0 Å². The van der Waals surface area contributed by atoms with Crippen LogP contribution in [0, 0.1) is 6.92 Å². The molecule has 92 valence electrons. The van der Waals surface area contributed by atoms with E-state index in [1.807, 2.05) is 12.1 Å². The molecule has 0 radical (unpaired) electrons. The molecule has 1 aliphatic heterocycles. The summed E-state index contributed by atoms with van der Waals surface area (Å²) in [5.41, 5.74) is 3.65. The van der Waals surface area contributed by atoms with Gasteiger partial charge in [0.05, 0.1) is 0 Å². The van der Waals surface area contributed by atoms with Crippen LogP contribution in [-0.4, -0.2) is 0 Å². The second-order valence-corrected chi connectivity index (χ2v) is 5.92. The highest BCUT2D eigenvalue weighted by Crippen LogP contribution is 2.48. The largest absolute Gasteiger partial charge is 0.457 e. The molecular formula is C16H16OS. The van der Waals surface area contributed by atoms with Crippen LogP contribution in [0.4, 0.5) is 0 Å². The summed E-state index contributed by atoms with van der Waals surface area (Å²) >= 11 is 4.39. The lowest BCUT2D eigenvalue weighted by molar-refractivity contribution is 0.416. The number of aryl methyl sites for hydroxylation is 1. The average Bonchev–Trinajstić information content (AvgIpc) is 2.27. The Hall–Kier alpha value is -1.41. The maximum atomic E-state index is 6.03. The van der Waals surface area contributed by atoms with Gasteiger partial charge in [0.1, 0.15) is 11.5 Å². The maximum Gasteiger partial charge on any atom is 0.132 e. The number of fused-ring (bicyclic) bond motifs is 2. The summed E-state index contributed by atoms with van der Waals surface area (Å²) in [6.07, 6.45) is 0. The zero-order valence-electron chi connectivity index (χ0n) is 10.8. The van der Waals surface area contributed by atoms with E-state index in [0.717, 1.165) is 16.4 Å². The molecule has 2 aromatic rings. The lowest BCUT2D eigenvalue weighted by Crippen LogP contribution is -2.24. The van der Waals surface area contributed by atoms with Gasteiger partial charge >= 0.3 is 0 Å². The van der Waals surface area contributed by atoms with Crippen molar-refractivity contribution in [1.82, 2.24) is 0 Å². The quantitative estimate of drug-likeness (QED) is 0.671. The fourth-order valence-corrected chi connectivity index (χ4v) is 2.80. The molecule has 0 bridgehead atoms. The van der Waals surface area contributed by atoms with Crippen molar-refractivity contribution < 1.29 is 4.74 Å². The zero-order chi connectivity index (χ0) is 12.9. The lowest BCUT2D eigenvalue weighted by Gasteiger charge is -2.34. The van der Waals surface area contributed by atoms with Gasteiger partial charge in [-0.15, -0.1) is 12.6 Å². The smallest absolute Gasteiger partial charge is 0.132 e. The van der Waals surface area contributed by atoms with E-state index in [-0.39, 0.29) is 5.41 Å². The van der Waals surface area contributed by atoms with Crippen molar-refractivity contribution in [3.05, 3.63) is 53.1 Å². The molecule has 3 rings (SSSR count). The SMILES string of the molecule is Cc1ccc2c(c1)Oc1cc(S)ccc1C2(C)C. The van der Waals surface area contributed by atoms with Crippen molar-refractivity contribution in [3.63, 3.8) is 0 Å². The Balaban J connectivity index is 2.25. The van der Waals surface area contributed by atoms with Gasteiger partial charge in [0.2, 0.25) is 0 Å². The topological polar surface area (TPSA) is 9.23 Å². The highest BCUT2D eigenvalue weighted by Gasteiger charge is 2.33. The molecule has 0 aromatic heterocycles. The Kier molecular flexibility index (Phi) is 2.46. The molecule has 1 heterocycles. The predicted molar refractivity (Wildman–Crippen MR) is 77.1 cm³/mol. The third-order valence-electron chi connectivity index (χ3n) is 3.67. The number of hydrogen-bond donors (Lipinski definition) is 1. The second-order valence-electron chi connectivity index (χ2n) is 5.41. The van der Waals surface area contributed by atoms with Gasteiger partial charge in [-0.05, 0) is 30.7 Å². The van der Waals surface area contributed by atoms with Gasteiger partial charge in [-0.25, -0.2) is 0 Å². The van der Waals surface area contributed by atoms with Gasteiger partial charge in [-0.2, -0.15) is 0 Å². The van der Waals surface area contributed by atoms with Crippen LogP contribution in [0.3, 0.4) is 0 Å². The van der Waals surface area contributed by atoms with Crippen LogP contribution < -0.4 is 4.74 Å². The van der Waals surface area contributed by atoms with Crippen LogP contribution in [-0.2, 0) is 5.41 Å². The highest BCUT2D eigenvalue weighted by molar-refractivity contribution is 7.80. The summed E-state index contributed by atoms with van der Waals surface area (Å²) in [5.74, 6) is 1.89. The normalized spacial score (nSPS) is 15.6. The Bertz CT molecular complexity index is 575. The first-order valence-corrected chi connectivity index (χ1v) is 6.56. The molecule has 0 fully saturated rings. The van der Waals surface area contributed by atoms with E-state index < -0.39 is 0 Å². The minimum atomic E-state index is -0.0297. The standard InChI is InChI=1S/C16H16OS/c1-10-4-6-12-14(8-10)17-15-9-11(18)5-7-13(15)16(12,2)3/h4-9,18H,1-3H3. The van der Waals surface area contributed by atoms with Crippen LogP contribution in [0.5, 0.6) is 11.5 Å². The first-order chi connectivity index (χ1) is 8.48. The molecule has 1 nitrogen and oxygen atoms in total. The van der Waals surface area contributed by atoms with Gasteiger partial charge < -0.3 is 4.74 Å². The number of benzene rings is 2. The molecule has 0 saturated carbocycles. The van der Waals surface area contributed by atoms with E-state index >= 15 is 0 Å². The van der Waals surface area contributed by atoms with Gasteiger partial charge in [0.25, 0.3) is 0 Å². The Labute approximate surface area is 113 Å². The Morgan fingerprint density at radius 2 is 1.56 bits per heavy atom. The highest BCUT2D eigenvalue weighted by atomic mass is 32.1. The summed E-state index contributed by atoms with van der Waals surface area (Å²) < 4.78 is 6.03. The molecule has 0 spiro atoms. The van der Waals surface area contributed by atoms with Crippen molar-refractivity contribution in [2.24, 2.45) is 0 Å². The van der Waals surface area contributed by atoms with Crippen molar-refractivity contribution in [1.29, 1.82) is 0 Å². The van der Waals surface area contributed by atoms with Crippen molar-refractivity contribution in [2.45, 2.75) is 31.1 Å². The van der Waals surface area contributed by atoms with Crippen LogP contribution >= 0.6 is 12.6 Å². The number of rotatable bonds is 0. The maximum absolute atomic E-state index is 6.03. The van der Waals surface area contributed by atoms with E-state index in [1.165, 1.54) is 16.7 Å². The summed E-state index contributed by atoms with van der Waals surface area (Å²) in [5, 5.41) is 0. The van der Waals surface area contributed by atoms with E-state index in [1.54, 1.807) is 0 Å². The molecule has 2 aromatic carbocycles.